The largest absolute Gasteiger partial charge is 0.493 e. The maximum atomic E-state index is 11.5. The van der Waals surface area contributed by atoms with E-state index in [-0.39, 0.29) is 0 Å². The average molecular weight is 322 g/mol. The molecule has 0 unspecified atom stereocenters. The molecule has 1 rings (SSSR count). The number of primary amides is 1. The number of carbonyl (C=O) groups excluding carboxylic acids is 3. The molecule has 0 saturated carbocycles. The zero-order valence-corrected chi connectivity index (χ0v) is 12.8. The van der Waals surface area contributed by atoms with Gasteiger partial charge in [0.1, 0.15) is 0 Å². The monoisotopic (exact) mass is 322 g/mol. The number of amides is 3. The summed E-state index contributed by atoms with van der Waals surface area (Å²) in [6.07, 6.45) is 2.64. The van der Waals surface area contributed by atoms with Gasteiger partial charge < -0.3 is 19.9 Å². The van der Waals surface area contributed by atoms with Crippen LogP contribution in [0.1, 0.15) is 12.5 Å². The van der Waals surface area contributed by atoms with Crippen molar-refractivity contribution in [2.75, 3.05) is 20.3 Å². The standard InChI is InChI=1S/C15H18N2O6/c1-3-22-12-8-10(4-6-11(12)21-2)5-7-14(19)23-9-13(18)17-15(16)20/h4-8H,3,9H2,1-2H3,(H3,16,17,18,20)/b7-5+. The number of nitrogens with two attached hydrogens (primary N) is 1. The maximum Gasteiger partial charge on any atom is 0.331 e. The van der Waals surface area contributed by atoms with Crippen LogP contribution in [0.4, 0.5) is 4.79 Å². The Hall–Kier alpha value is -3.03. The van der Waals surface area contributed by atoms with Gasteiger partial charge in [-0.05, 0) is 30.7 Å². The van der Waals surface area contributed by atoms with Gasteiger partial charge in [0.05, 0.1) is 13.7 Å². The lowest BCUT2D eigenvalue weighted by Crippen LogP contribution is -2.37. The highest BCUT2D eigenvalue weighted by Crippen LogP contribution is 2.28. The summed E-state index contributed by atoms with van der Waals surface area (Å²) >= 11 is 0. The van der Waals surface area contributed by atoms with Crippen LogP contribution in [-0.4, -0.2) is 38.2 Å². The molecule has 0 aromatic heterocycles. The van der Waals surface area contributed by atoms with Crippen molar-refractivity contribution in [3.63, 3.8) is 0 Å². The van der Waals surface area contributed by atoms with Crippen molar-refractivity contribution in [3.05, 3.63) is 29.8 Å². The van der Waals surface area contributed by atoms with Gasteiger partial charge in [-0.3, -0.25) is 10.1 Å². The minimum Gasteiger partial charge on any atom is -0.493 e. The molecule has 0 aliphatic carbocycles. The van der Waals surface area contributed by atoms with Crippen molar-refractivity contribution < 1.29 is 28.6 Å². The lowest BCUT2D eigenvalue weighted by Gasteiger charge is -2.09. The van der Waals surface area contributed by atoms with Crippen molar-refractivity contribution in [3.8, 4) is 11.5 Å². The zero-order valence-electron chi connectivity index (χ0n) is 12.8. The first kappa shape index (κ1) is 18.0. The van der Waals surface area contributed by atoms with Crippen molar-refractivity contribution in [2.24, 2.45) is 5.73 Å². The first-order valence-corrected chi connectivity index (χ1v) is 6.71. The fourth-order valence-electron chi connectivity index (χ4n) is 1.59. The molecule has 124 valence electrons. The van der Waals surface area contributed by atoms with Crippen molar-refractivity contribution >= 4 is 24.0 Å². The summed E-state index contributed by atoms with van der Waals surface area (Å²) in [6, 6.07) is 4.12. The molecule has 3 N–H and O–H groups in total. The molecule has 0 fully saturated rings. The average Bonchev–Trinajstić information content (AvgIpc) is 2.51. The molecule has 3 amide bonds. The van der Waals surface area contributed by atoms with Crippen molar-refractivity contribution in [1.29, 1.82) is 0 Å². The molecule has 0 bridgehead atoms. The molecule has 0 aliphatic heterocycles. The maximum absolute atomic E-state index is 11.5. The van der Waals surface area contributed by atoms with Gasteiger partial charge in [-0.15, -0.1) is 0 Å². The van der Waals surface area contributed by atoms with E-state index < -0.39 is 24.5 Å². The summed E-state index contributed by atoms with van der Waals surface area (Å²) in [5.74, 6) is -0.415. The number of methoxy groups -OCH3 is 1. The van der Waals surface area contributed by atoms with E-state index in [1.807, 2.05) is 6.92 Å². The van der Waals surface area contributed by atoms with Gasteiger partial charge in [0, 0.05) is 6.08 Å². The highest BCUT2D eigenvalue weighted by atomic mass is 16.5. The van der Waals surface area contributed by atoms with E-state index in [4.69, 9.17) is 15.2 Å². The third-order valence-electron chi connectivity index (χ3n) is 2.51. The Balaban J connectivity index is 2.62. The molecule has 8 heteroatoms. The molecule has 0 aliphatic rings. The minimum absolute atomic E-state index is 0.473. The lowest BCUT2D eigenvalue weighted by molar-refractivity contribution is -0.143. The molecule has 8 nitrogen and oxygen atoms in total. The first-order valence-electron chi connectivity index (χ1n) is 6.71. The quantitative estimate of drug-likeness (QED) is 0.567. The Kier molecular flexibility index (Phi) is 7.12. The Morgan fingerprint density at radius 1 is 1.26 bits per heavy atom. The number of ether oxygens (including phenoxy) is 3. The van der Waals surface area contributed by atoms with Crippen LogP contribution in [0.3, 0.4) is 0 Å². The highest BCUT2D eigenvalue weighted by Gasteiger charge is 2.07. The topological polar surface area (TPSA) is 117 Å². The molecular formula is C15H18N2O6. The SMILES string of the molecule is CCOc1cc(/C=C/C(=O)OCC(=O)NC(N)=O)ccc1OC. The van der Waals surface area contributed by atoms with E-state index in [0.29, 0.717) is 23.7 Å². The van der Waals surface area contributed by atoms with Gasteiger partial charge >= 0.3 is 12.0 Å². The predicted octanol–water partition coefficient (Wildman–Crippen LogP) is 0.845. The molecule has 23 heavy (non-hydrogen) atoms. The molecule has 1 aromatic rings. The summed E-state index contributed by atoms with van der Waals surface area (Å²) in [7, 11) is 1.53. The van der Waals surface area contributed by atoms with Gasteiger partial charge in [0.2, 0.25) is 0 Å². The molecular weight excluding hydrogens is 304 g/mol. The van der Waals surface area contributed by atoms with Gasteiger partial charge in [0.15, 0.2) is 18.1 Å². The number of nitrogens with one attached hydrogen (secondary N) is 1. The van der Waals surface area contributed by atoms with Gasteiger partial charge in [0.25, 0.3) is 5.91 Å². The normalized spacial score (nSPS) is 10.2. The number of hydrogen-bond donors (Lipinski definition) is 2. The Bertz CT molecular complexity index is 612. The van der Waals surface area contributed by atoms with Crippen LogP contribution in [0.25, 0.3) is 6.08 Å². The van der Waals surface area contributed by atoms with E-state index >= 15 is 0 Å². The first-order chi connectivity index (χ1) is 11.0. The van der Waals surface area contributed by atoms with Crippen LogP contribution >= 0.6 is 0 Å². The van der Waals surface area contributed by atoms with Crippen molar-refractivity contribution in [1.82, 2.24) is 5.32 Å². The van der Waals surface area contributed by atoms with E-state index in [0.717, 1.165) is 6.08 Å². The number of hydrogen-bond acceptors (Lipinski definition) is 6. The summed E-state index contributed by atoms with van der Waals surface area (Å²) < 4.78 is 15.2. The molecule has 0 radical (unpaired) electrons. The van der Waals surface area contributed by atoms with E-state index in [1.165, 1.54) is 13.2 Å². The fourth-order valence-corrected chi connectivity index (χ4v) is 1.59. The van der Waals surface area contributed by atoms with E-state index in [9.17, 15) is 14.4 Å². The van der Waals surface area contributed by atoms with Crippen LogP contribution in [0.15, 0.2) is 24.3 Å². The van der Waals surface area contributed by atoms with Crippen LogP contribution in [0.2, 0.25) is 0 Å². The second kappa shape index (κ2) is 9.08. The molecule has 0 atom stereocenters. The minimum atomic E-state index is -1.01. The number of benzene rings is 1. The van der Waals surface area contributed by atoms with Crippen LogP contribution < -0.4 is 20.5 Å². The summed E-state index contributed by atoms with van der Waals surface area (Å²) in [6.45, 7) is 1.72. The van der Waals surface area contributed by atoms with E-state index in [2.05, 4.69) is 4.74 Å². The fraction of sp³-hybridized carbons (Fsp3) is 0.267. The number of imide groups is 1. The van der Waals surface area contributed by atoms with E-state index in [1.54, 1.807) is 23.5 Å². The lowest BCUT2D eigenvalue weighted by atomic mass is 10.2. The third kappa shape index (κ3) is 6.51. The summed E-state index contributed by atoms with van der Waals surface area (Å²) in [4.78, 5) is 33.0. The molecule has 1 aromatic carbocycles. The Morgan fingerprint density at radius 3 is 2.61 bits per heavy atom. The number of carbonyl (C=O) groups is 3. The van der Waals surface area contributed by atoms with Gasteiger partial charge in [-0.25, -0.2) is 9.59 Å². The van der Waals surface area contributed by atoms with Crippen molar-refractivity contribution in [2.45, 2.75) is 6.92 Å². The highest BCUT2D eigenvalue weighted by molar-refractivity contribution is 5.95. The van der Waals surface area contributed by atoms with Gasteiger partial charge in [-0.1, -0.05) is 6.07 Å². The van der Waals surface area contributed by atoms with Crippen LogP contribution in [0.5, 0.6) is 11.5 Å². The second-order valence-electron chi connectivity index (χ2n) is 4.20. The third-order valence-corrected chi connectivity index (χ3v) is 2.51. The summed E-state index contributed by atoms with van der Waals surface area (Å²) in [5.41, 5.74) is 5.44. The number of rotatable bonds is 7. The second-order valence-corrected chi connectivity index (χ2v) is 4.20. The zero-order chi connectivity index (χ0) is 17.2. The van der Waals surface area contributed by atoms with Crippen LogP contribution in [-0.2, 0) is 14.3 Å². The van der Waals surface area contributed by atoms with Gasteiger partial charge in [-0.2, -0.15) is 0 Å². The molecule has 0 heterocycles. The summed E-state index contributed by atoms with van der Waals surface area (Å²) in [5, 5.41) is 1.77. The smallest absolute Gasteiger partial charge is 0.331 e. The predicted molar refractivity (Wildman–Crippen MR) is 81.9 cm³/mol. The number of esters is 1. The van der Waals surface area contributed by atoms with Crippen LogP contribution in [0, 0.1) is 0 Å². The molecule has 0 spiro atoms. The number of urea groups is 1. The Labute approximate surface area is 133 Å². The Morgan fingerprint density at radius 2 is 2.00 bits per heavy atom. The molecule has 0 saturated heterocycles.